The van der Waals surface area contributed by atoms with E-state index in [4.69, 9.17) is 9.47 Å². The van der Waals surface area contributed by atoms with Crippen LogP contribution in [0.2, 0.25) is 0 Å². The number of carbonyl (C=O) groups excluding carboxylic acids is 1. The quantitative estimate of drug-likeness (QED) is 0.323. The van der Waals surface area contributed by atoms with Crippen LogP contribution in [0.3, 0.4) is 0 Å². The van der Waals surface area contributed by atoms with Gasteiger partial charge in [-0.1, -0.05) is 64.1 Å². The summed E-state index contributed by atoms with van der Waals surface area (Å²) in [5, 5.41) is 0. The number of esters is 1. The summed E-state index contributed by atoms with van der Waals surface area (Å²) in [5.41, 5.74) is 2.57. The third-order valence-corrected chi connectivity index (χ3v) is 6.09. The van der Waals surface area contributed by atoms with Crippen LogP contribution >= 0.6 is 0 Å². The highest BCUT2D eigenvalue weighted by Crippen LogP contribution is 2.38. The van der Waals surface area contributed by atoms with Gasteiger partial charge < -0.3 is 9.47 Å². The normalized spacial score (nSPS) is 11.9. The summed E-state index contributed by atoms with van der Waals surface area (Å²) in [6.45, 7) is 9.32. The Morgan fingerprint density at radius 1 is 0.719 bits per heavy atom. The molecule has 0 amide bonds. The molecule has 0 N–H and O–H groups in total. The highest BCUT2D eigenvalue weighted by molar-refractivity contribution is 5.69. The molecule has 0 saturated carbocycles. The third-order valence-electron chi connectivity index (χ3n) is 6.09. The summed E-state index contributed by atoms with van der Waals surface area (Å²) in [6.07, 6.45) is 0. The molecule has 0 spiro atoms. The molecule has 0 fully saturated rings. The van der Waals surface area contributed by atoms with E-state index in [2.05, 4.69) is 6.07 Å². The van der Waals surface area contributed by atoms with Crippen LogP contribution in [0.15, 0.2) is 60.7 Å². The lowest BCUT2D eigenvalue weighted by atomic mass is 9.73. The van der Waals surface area contributed by atoms with Crippen molar-refractivity contribution in [2.75, 3.05) is 7.11 Å². The molecule has 0 aliphatic heterocycles. The van der Waals surface area contributed by atoms with Gasteiger partial charge in [-0.25, -0.2) is 8.78 Å². The second kappa shape index (κ2) is 8.73. The van der Waals surface area contributed by atoms with Crippen molar-refractivity contribution in [3.63, 3.8) is 0 Å². The molecule has 3 nitrogen and oxygen atoms in total. The number of hydrogen-bond donors (Lipinski definition) is 0. The number of methoxy groups -OCH3 is 1. The molecule has 0 heterocycles. The first-order valence-corrected chi connectivity index (χ1v) is 10.4. The molecule has 0 unspecified atom stereocenters. The van der Waals surface area contributed by atoms with Gasteiger partial charge in [0, 0.05) is 17.8 Å². The molecule has 3 rings (SSSR count). The molecule has 0 radical (unpaired) electrons. The topological polar surface area (TPSA) is 35.5 Å². The van der Waals surface area contributed by atoms with Crippen LogP contribution in [0.25, 0.3) is 0 Å². The molecular weight excluding hydrogens is 410 g/mol. The van der Waals surface area contributed by atoms with Crippen molar-refractivity contribution in [1.82, 2.24) is 0 Å². The molecule has 3 aromatic carbocycles. The minimum Gasteiger partial charge on any atom is -0.494 e. The summed E-state index contributed by atoms with van der Waals surface area (Å²) in [5.74, 6) is -1.44. The first kappa shape index (κ1) is 23.5. The van der Waals surface area contributed by atoms with E-state index in [1.165, 1.54) is 32.2 Å². The predicted octanol–water partition coefficient (Wildman–Crippen LogP) is 6.55. The van der Waals surface area contributed by atoms with Crippen LogP contribution in [0, 0.1) is 11.6 Å². The third kappa shape index (κ3) is 4.52. The van der Waals surface area contributed by atoms with Crippen molar-refractivity contribution in [1.29, 1.82) is 0 Å². The predicted molar refractivity (Wildman–Crippen MR) is 121 cm³/mol. The van der Waals surface area contributed by atoms with Gasteiger partial charge in [0.1, 0.15) is 0 Å². The molecule has 3 aromatic rings. The van der Waals surface area contributed by atoms with E-state index in [1.54, 1.807) is 12.1 Å². The second-order valence-corrected chi connectivity index (χ2v) is 8.92. The zero-order chi connectivity index (χ0) is 23.7. The molecule has 32 heavy (non-hydrogen) atoms. The standard InChI is InChI=1S/C27H28F2O3/c1-17(30)32-25-13-11-21(16-23(25)29)27(4,5)19-9-7-8-18(14-19)26(2,3)20-10-12-24(31-6)22(28)15-20/h7-16H,1-6H3. The monoisotopic (exact) mass is 438 g/mol. The van der Waals surface area contributed by atoms with E-state index in [0.717, 1.165) is 22.3 Å². The average Bonchev–Trinajstić information content (AvgIpc) is 2.74. The summed E-state index contributed by atoms with van der Waals surface area (Å²) < 4.78 is 38.8. The summed E-state index contributed by atoms with van der Waals surface area (Å²) in [7, 11) is 1.44. The number of halogens is 2. The summed E-state index contributed by atoms with van der Waals surface area (Å²) in [6, 6.07) is 17.7. The van der Waals surface area contributed by atoms with E-state index < -0.39 is 28.4 Å². The average molecular weight is 439 g/mol. The van der Waals surface area contributed by atoms with Gasteiger partial charge in [0.05, 0.1) is 7.11 Å². The van der Waals surface area contributed by atoms with Gasteiger partial charge in [-0.2, -0.15) is 0 Å². The molecule has 0 aliphatic rings. The first-order valence-electron chi connectivity index (χ1n) is 10.4. The SMILES string of the molecule is COc1ccc(C(C)(C)c2cccc(C(C)(C)c3ccc(OC(C)=O)c(F)c3)c2)cc1F. The fraction of sp³-hybridized carbons (Fsp3) is 0.296. The first-order chi connectivity index (χ1) is 15.0. The van der Waals surface area contributed by atoms with E-state index >= 15 is 0 Å². The Kier molecular flexibility index (Phi) is 6.40. The van der Waals surface area contributed by atoms with E-state index in [0.29, 0.717) is 0 Å². The number of rotatable bonds is 6. The van der Waals surface area contributed by atoms with Crippen LogP contribution < -0.4 is 9.47 Å². The fourth-order valence-electron chi connectivity index (χ4n) is 3.81. The highest BCUT2D eigenvalue weighted by atomic mass is 19.1. The van der Waals surface area contributed by atoms with Gasteiger partial charge in [-0.05, 0) is 46.5 Å². The number of hydrogen-bond acceptors (Lipinski definition) is 3. The Labute approximate surface area is 188 Å². The Bertz CT molecular complexity index is 1150. The molecule has 0 atom stereocenters. The molecular formula is C27H28F2O3. The Hall–Kier alpha value is -3.21. The summed E-state index contributed by atoms with van der Waals surface area (Å²) in [4.78, 5) is 11.2. The number of carbonyl (C=O) groups is 1. The van der Waals surface area contributed by atoms with Crippen molar-refractivity contribution in [2.24, 2.45) is 0 Å². The molecule has 0 saturated heterocycles. The van der Waals surface area contributed by atoms with Gasteiger partial charge >= 0.3 is 5.97 Å². The van der Waals surface area contributed by atoms with E-state index in [9.17, 15) is 13.6 Å². The van der Waals surface area contributed by atoms with Crippen molar-refractivity contribution in [3.8, 4) is 11.5 Å². The number of benzene rings is 3. The molecule has 0 bridgehead atoms. The molecule has 0 aliphatic carbocycles. The van der Waals surface area contributed by atoms with Crippen LogP contribution in [0.4, 0.5) is 8.78 Å². The van der Waals surface area contributed by atoms with Crippen molar-refractivity contribution < 1.29 is 23.0 Å². The van der Waals surface area contributed by atoms with Crippen molar-refractivity contribution >= 4 is 5.97 Å². The Morgan fingerprint density at radius 3 is 1.56 bits per heavy atom. The maximum absolute atomic E-state index is 14.5. The lowest BCUT2D eigenvalue weighted by Gasteiger charge is -2.31. The van der Waals surface area contributed by atoms with Crippen molar-refractivity contribution in [3.05, 3.63) is 94.6 Å². The van der Waals surface area contributed by atoms with Crippen molar-refractivity contribution in [2.45, 2.75) is 45.4 Å². The smallest absolute Gasteiger partial charge is 0.308 e. The van der Waals surface area contributed by atoms with E-state index in [-0.39, 0.29) is 11.5 Å². The Morgan fingerprint density at radius 2 is 1.16 bits per heavy atom. The summed E-state index contributed by atoms with van der Waals surface area (Å²) >= 11 is 0. The molecule has 0 aromatic heterocycles. The minimum absolute atomic E-state index is 0.0894. The molecule has 5 heteroatoms. The van der Waals surface area contributed by atoms with Gasteiger partial charge in [-0.3, -0.25) is 4.79 Å². The fourth-order valence-corrected chi connectivity index (χ4v) is 3.81. The maximum atomic E-state index is 14.5. The largest absolute Gasteiger partial charge is 0.494 e. The van der Waals surface area contributed by atoms with Crippen LogP contribution in [0.5, 0.6) is 11.5 Å². The van der Waals surface area contributed by atoms with Gasteiger partial charge in [0.25, 0.3) is 0 Å². The van der Waals surface area contributed by atoms with Crippen LogP contribution in [0.1, 0.15) is 56.9 Å². The highest BCUT2D eigenvalue weighted by Gasteiger charge is 2.29. The van der Waals surface area contributed by atoms with Crippen LogP contribution in [-0.4, -0.2) is 13.1 Å². The Balaban J connectivity index is 1.99. The lowest BCUT2D eigenvalue weighted by molar-refractivity contribution is -0.132. The van der Waals surface area contributed by atoms with Gasteiger partial charge in [0.2, 0.25) is 0 Å². The zero-order valence-electron chi connectivity index (χ0n) is 19.3. The van der Waals surface area contributed by atoms with Gasteiger partial charge in [0.15, 0.2) is 23.1 Å². The second-order valence-electron chi connectivity index (χ2n) is 8.92. The maximum Gasteiger partial charge on any atom is 0.308 e. The van der Waals surface area contributed by atoms with E-state index in [1.807, 2.05) is 52.0 Å². The van der Waals surface area contributed by atoms with Gasteiger partial charge in [-0.15, -0.1) is 0 Å². The minimum atomic E-state index is -0.587. The molecule has 168 valence electrons. The number of ether oxygens (including phenoxy) is 2. The van der Waals surface area contributed by atoms with Crippen LogP contribution in [-0.2, 0) is 15.6 Å². The zero-order valence-corrected chi connectivity index (χ0v) is 19.3. The lowest BCUT2D eigenvalue weighted by Crippen LogP contribution is -2.23.